The van der Waals surface area contributed by atoms with Crippen molar-refractivity contribution in [2.24, 2.45) is 0 Å². The van der Waals surface area contributed by atoms with Crippen LogP contribution in [0.5, 0.6) is 0 Å². The number of imidazole rings is 1. The molecule has 1 aliphatic rings. The van der Waals surface area contributed by atoms with Gasteiger partial charge in [-0.15, -0.1) is 0 Å². The summed E-state index contributed by atoms with van der Waals surface area (Å²) in [6.45, 7) is 20.1. The lowest BCUT2D eigenvalue weighted by Crippen LogP contribution is -2.48. The lowest BCUT2D eigenvalue weighted by Gasteiger charge is -2.34. The third kappa shape index (κ3) is 6.21. The molecule has 0 bridgehead atoms. The fraction of sp³-hybridized carbons (Fsp3) is 0.737. The molecular weight excluding hydrogens is 446 g/mol. The number of nitrogen functional groups attached to an aromatic ring is 1. The van der Waals surface area contributed by atoms with Gasteiger partial charge in [0.2, 0.25) is 0 Å². The third-order valence-corrected chi connectivity index (χ3v) is 7.60. The van der Waals surface area contributed by atoms with Crippen molar-refractivity contribution in [1.82, 2.24) is 19.5 Å². The number of hydrogen-bond donors (Lipinski definition) is 1. The lowest BCUT2D eigenvalue weighted by atomic mass is 10.1. The highest BCUT2D eigenvalue weighted by Gasteiger charge is 2.50. The molecule has 4 atom stereocenters. The van der Waals surface area contributed by atoms with Crippen molar-refractivity contribution in [3.63, 3.8) is 0 Å². The van der Waals surface area contributed by atoms with Crippen LogP contribution in [-0.4, -0.2) is 69.4 Å². The van der Waals surface area contributed by atoms with Crippen molar-refractivity contribution in [3.05, 3.63) is 12.7 Å². The van der Waals surface area contributed by atoms with E-state index in [4.69, 9.17) is 23.7 Å². The molecule has 1 aliphatic heterocycles. The Labute approximate surface area is 188 Å². The second-order valence-corrected chi connectivity index (χ2v) is 24.4. The predicted octanol–water partition coefficient (Wildman–Crippen LogP) is 3.60. The monoisotopic (exact) mass is 483 g/mol. The fourth-order valence-electron chi connectivity index (χ4n) is 3.54. The van der Waals surface area contributed by atoms with Crippen LogP contribution in [0.15, 0.2) is 12.7 Å². The minimum Gasteiger partial charge on any atom is -0.415 e. The molecule has 2 aromatic heterocycles. The zero-order valence-corrected chi connectivity index (χ0v) is 23.2. The van der Waals surface area contributed by atoms with E-state index in [0.717, 1.165) is 0 Å². The third-order valence-electron chi connectivity index (χ3n) is 4.61. The topological polar surface area (TPSA) is 107 Å². The maximum absolute atomic E-state index is 6.68. The average molecular weight is 484 g/mol. The van der Waals surface area contributed by atoms with E-state index in [-0.39, 0.29) is 18.3 Å². The number of nitrogens with two attached hydrogens (primary N) is 1. The number of ether oxygens (including phenoxy) is 1. The quantitative estimate of drug-likeness (QED) is 0.568. The van der Waals surface area contributed by atoms with E-state index >= 15 is 0 Å². The minimum absolute atomic E-state index is 0.239. The molecule has 12 heteroatoms. The molecule has 0 amide bonds. The van der Waals surface area contributed by atoms with Gasteiger partial charge < -0.3 is 23.7 Å². The Morgan fingerprint density at radius 3 is 2.10 bits per heavy atom. The summed E-state index contributed by atoms with van der Waals surface area (Å²) < 4.78 is 28.1. The van der Waals surface area contributed by atoms with Crippen molar-refractivity contribution in [2.75, 3.05) is 12.3 Å². The van der Waals surface area contributed by atoms with E-state index < -0.39 is 31.2 Å². The highest BCUT2D eigenvalue weighted by molar-refractivity contribution is 6.70. The first kappa shape index (κ1) is 24.5. The van der Waals surface area contributed by atoms with Crippen LogP contribution in [0.25, 0.3) is 11.2 Å². The van der Waals surface area contributed by atoms with Crippen molar-refractivity contribution in [1.29, 1.82) is 0 Å². The Morgan fingerprint density at radius 1 is 0.903 bits per heavy atom. The summed E-state index contributed by atoms with van der Waals surface area (Å²) in [5.74, 6) is 0.345. The minimum atomic E-state index is -1.93. The Hall–Kier alpha value is -1.16. The maximum atomic E-state index is 6.68. The van der Waals surface area contributed by atoms with Gasteiger partial charge >= 0.3 is 0 Å². The Kier molecular flexibility index (Phi) is 6.83. The summed E-state index contributed by atoms with van der Waals surface area (Å²) in [4.78, 5) is 12.9. The molecule has 2 aromatic rings. The molecule has 0 spiro atoms. The molecule has 3 rings (SSSR count). The molecule has 1 fully saturated rings. The van der Waals surface area contributed by atoms with Gasteiger partial charge in [-0.3, -0.25) is 4.57 Å². The van der Waals surface area contributed by atoms with E-state index in [9.17, 15) is 0 Å². The van der Waals surface area contributed by atoms with E-state index in [1.54, 1.807) is 6.33 Å². The number of nitrogens with zero attached hydrogens (tertiary/aromatic N) is 4. The van der Waals surface area contributed by atoms with Crippen LogP contribution in [0.4, 0.5) is 5.82 Å². The fourth-order valence-corrected chi connectivity index (χ4v) is 6.37. The number of aromatic nitrogens is 4. The summed E-state index contributed by atoms with van der Waals surface area (Å²) in [5.41, 5.74) is 7.19. The Balaban J connectivity index is 2.03. The summed E-state index contributed by atoms with van der Waals surface area (Å²) in [5, 5.41) is 0. The largest absolute Gasteiger partial charge is 0.415 e. The molecule has 31 heavy (non-hydrogen) atoms. The molecule has 2 N–H and O–H groups in total. The van der Waals surface area contributed by atoms with Gasteiger partial charge in [0.15, 0.2) is 42.6 Å². The normalized spacial score (nSPS) is 25.5. The SMILES string of the molecule is C[Si](C)(C)OC[C@@H]1O[C@H](n2cnc3c(N)ncnc32)C(O[Si](C)(C)C)C1O[Si](C)(C)C. The number of hydrogen-bond acceptors (Lipinski definition) is 8. The Bertz CT molecular complexity index is 907. The molecule has 9 nitrogen and oxygen atoms in total. The second kappa shape index (κ2) is 8.65. The van der Waals surface area contributed by atoms with Crippen LogP contribution in [0.3, 0.4) is 0 Å². The van der Waals surface area contributed by atoms with Gasteiger partial charge in [0.05, 0.1) is 12.9 Å². The molecule has 0 saturated carbocycles. The van der Waals surface area contributed by atoms with Crippen molar-refractivity contribution < 1.29 is 18.0 Å². The van der Waals surface area contributed by atoms with E-state index in [0.29, 0.717) is 23.6 Å². The molecule has 2 unspecified atom stereocenters. The molecular formula is C19H37N5O4Si3. The van der Waals surface area contributed by atoms with E-state index in [2.05, 4.69) is 73.9 Å². The van der Waals surface area contributed by atoms with Gasteiger partial charge in [0, 0.05) is 0 Å². The summed E-state index contributed by atoms with van der Waals surface area (Å²) in [6, 6.07) is 0. The summed E-state index contributed by atoms with van der Waals surface area (Å²) in [7, 11) is -5.56. The zero-order valence-electron chi connectivity index (χ0n) is 20.2. The molecule has 0 aromatic carbocycles. The zero-order chi connectivity index (χ0) is 23.2. The van der Waals surface area contributed by atoms with Crippen LogP contribution < -0.4 is 5.73 Å². The number of anilines is 1. The van der Waals surface area contributed by atoms with Gasteiger partial charge in [-0.2, -0.15) is 0 Å². The number of fused-ring (bicyclic) bond motifs is 1. The van der Waals surface area contributed by atoms with E-state index in [1.165, 1.54) is 6.33 Å². The summed E-state index contributed by atoms with van der Waals surface area (Å²) in [6.07, 6.45) is 1.91. The first-order chi connectivity index (χ1) is 14.1. The first-order valence-electron chi connectivity index (χ1n) is 10.7. The van der Waals surface area contributed by atoms with E-state index in [1.807, 2.05) is 4.57 Å². The van der Waals surface area contributed by atoms with Crippen LogP contribution in [0.2, 0.25) is 58.9 Å². The standard InChI is InChI=1S/C19H37N5O4Si3/c1-29(2,3)25-10-13-15(27-30(4,5)6)16(28-31(7,8)9)19(26-13)24-12-23-14-17(20)21-11-22-18(14)24/h11-13,15-16,19H,10H2,1-9H3,(H2,20,21,22)/t13-,15?,16?,19-/m0/s1. The van der Waals surface area contributed by atoms with Crippen LogP contribution in [0, 0.1) is 0 Å². The van der Waals surface area contributed by atoms with Crippen molar-refractivity contribution in [2.45, 2.75) is 83.5 Å². The van der Waals surface area contributed by atoms with Crippen molar-refractivity contribution >= 4 is 41.9 Å². The molecule has 1 saturated heterocycles. The number of rotatable bonds is 8. The Morgan fingerprint density at radius 2 is 1.52 bits per heavy atom. The molecule has 0 aliphatic carbocycles. The van der Waals surface area contributed by atoms with Crippen molar-refractivity contribution in [3.8, 4) is 0 Å². The first-order valence-corrected chi connectivity index (χ1v) is 21.0. The molecule has 174 valence electrons. The van der Waals surface area contributed by atoms with Gasteiger partial charge in [-0.05, 0) is 58.9 Å². The smallest absolute Gasteiger partial charge is 0.184 e. The maximum Gasteiger partial charge on any atom is 0.184 e. The van der Waals surface area contributed by atoms with Gasteiger partial charge in [0.25, 0.3) is 0 Å². The van der Waals surface area contributed by atoms with Gasteiger partial charge in [0.1, 0.15) is 30.2 Å². The van der Waals surface area contributed by atoms with Crippen LogP contribution in [0.1, 0.15) is 6.23 Å². The van der Waals surface area contributed by atoms with Gasteiger partial charge in [-0.25, -0.2) is 15.0 Å². The second-order valence-electron chi connectivity index (χ2n) is 11.0. The highest BCUT2D eigenvalue weighted by atomic mass is 28.4. The van der Waals surface area contributed by atoms with Crippen LogP contribution >= 0.6 is 0 Å². The predicted molar refractivity (Wildman–Crippen MR) is 129 cm³/mol. The summed E-state index contributed by atoms with van der Waals surface area (Å²) >= 11 is 0. The molecule has 3 heterocycles. The lowest BCUT2D eigenvalue weighted by molar-refractivity contribution is -0.0457. The molecule has 0 radical (unpaired) electrons. The average Bonchev–Trinajstić information content (AvgIpc) is 3.13. The van der Waals surface area contributed by atoms with Gasteiger partial charge in [-0.1, -0.05) is 0 Å². The van der Waals surface area contributed by atoms with Crippen LogP contribution in [-0.2, 0) is 18.0 Å². The highest BCUT2D eigenvalue weighted by Crippen LogP contribution is 2.38.